The molecule has 7 rings (SSSR count). The molecule has 1 unspecified atom stereocenters. The average molecular weight is 458 g/mol. The first-order chi connectivity index (χ1) is 17.1. The number of fused-ring (bicyclic) bond motifs is 9. The summed E-state index contributed by atoms with van der Waals surface area (Å²) in [5.74, 6) is 2.43. The van der Waals surface area contributed by atoms with E-state index in [0.29, 0.717) is 5.92 Å². The third-order valence-corrected chi connectivity index (χ3v) is 7.69. The van der Waals surface area contributed by atoms with Gasteiger partial charge in [0.1, 0.15) is 11.6 Å². The Bertz CT molecular complexity index is 1770. The molecular formula is C30H27N5. The van der Waals surface area contributed by atoms with Gasteiger partial charge in [-0.2, -0.15) is 0 Å². The Morgan fingerprint density at radius 3 is 2.63 bits per heavy atom. The zero-order valence-corrected chi connectivity index (χ0v) is 20.2. The topological polar surface area (TPSA) is 70.2 Å². The van der Waals surface area contributed by atoms with E-state index in [0.717, 1.165) is 53.0 Å². The van der Waals surface area contributed by atoms with E-state index in [1.165, 1.54) is 44.1 Å². The molecule has 1 aliphatic rings. The predicted molar refractivity (Wildman–Crippen MR) is 143 cm³/mol. The van der Waals surface area contributed by atoms with Crippen molar-refractivity contribution in [3.8, 4) is 22.4 Å². The molecule has 0 fully saturated rings. The van der Waals surface area contributed by atoms with Crippen LogP contribution in [0.3, 0.4) is 0 Å². The van der Waals surface area contributed by atoms with E-state index in [4.69, 9.17) is 9.97 Å². The van der Waals surface area contributed by atoms with Crippen molar-refractivity contribution in [2.45, 2.75) is 46.0 Å². The van der Waals surface area contributed by atoms with E-state index in [1.807, 2.05) is 19.3 Å². The second-order valence-electron chi connectivity index (χ2n) is 9.86. The van der Waals surface area contributed by atoms with Crippen molar-refractivity contribution in [2.24, 2.45) is 0 Å². The highest BCUT2D eigenvalue weighted by atomic mass is 14.9. The molecule has 0 aliphatic heterocycles. The van der Waals surface area contributed by atoms with Crippen molar-refractivity contribution in [3.05, 3.63) is 77.8 Å². The number of pyridine rings is 1. The Morgan fingerprint density at radius 1 is 0.886 bits per heavy atom. The van der Waals surface area contributed by atoms with Crippen LogP contribution in [0.2, 0.25) is 0 Å². The fourth-order valence-corrected chi connectivity index (χ4v) is 5.61. The van der Waals surface area contributed by atoms with Gasteiger partial charge >= 0.3 is 0 Å². The third-order valence-electron chi connectivity index (χ3n) is 7.69. The first-order valence-electron chi connectivity index (χ1n) is 12.5. The molecule has 3 heterocycles. The van der Waals surface area contributed by atoms with Crippen LogP contribution in [-0.2, 0) is 12.8 Å². The molecular weight excluding hydrogens is 430 g/mol. The van der Waals surface area contributed by atoms with E-state index in [-0.39, 0.29) is 0 Å². The number of nitrogens with zero attached hydrogens (tertiary/aromatic N) is 3. The molecule has 0 spiro atoms. The van der Waals surface area contributed by atoms with E-state index in [2.05, 4.69) is 71.3 Å². The Labute approximate surface area is 203 Å². The highest BCUT2D eigenvalue weighted by Gasteiger charge is 2.21. The van der Waals surface area contributed by atoms with E-state index in [9.17, 15) is 0 Å². The van der Waals surface area contributed by atoms with Gasteiger partial charge in [0.2, 0.25) is 0 Å². The predicted octanol–water partition coefficient (Wildman–Crippen LogP) is 7.24. The number of aryl methyl sites for hydroxylation is 3. The zero-order valence-electron chi connectivity index (χ0n) is 20.2. The lowest BCUT2D eigenvalue weighted by molar-refractivity contribution is 0.692. The normalized spacial score (nSPS) is 13.9. The van der Waals surface area contributed by atoms with E-state index < -0.39 is 0 Å². The summed E-state index contributed by atoms with van der Waals surface area (Å²) in [6.45, 7) is 6.46. The molecule has 35 heavy (non-hydrogen) atoms. The van der Waals surface area contributed by atoms with Crippen molar-refractivity contribution in [1.29, 1.82) is 0 Å². The number of aromatic amines is 2. The Hall–Kier alpha value is -3.99. The molecule has 0 saturated carbocycles. The summed E-state index contributed by atoms with van der Waals surface area (Å²) >= 11 is 0. The molecule has 172 valence electrons. The van der Waals surface area contributed by atoms with Crippen molar-refractivity contribution >= 4 is 32.6 Å². The van der Waals surface area contributed by atoms with Gasteiger partial charge in [0.15, 0.2) is 0 Å². The van der Waals surface area contributed by atoms with Gasteiger partial charge in [-0.25, -0.2) is 9.97 Å². The van der Waals surface area contributed by atoms with Gasteiger partial charge in [0, 0.05) is 40.3 Å². The van der Waals surface area contributed by atoms with Gasteiger partial charge in [-0.05, 0) is 65.8 Å². The molecule has 1 aliphatic carbocycles. The highest BCUT2D eigenvalue weighted by Crippen LogP contribution is 2.39. The lowest BCUT2D eigenvalue weighted by Crippen LogP contribution is -2.03. The van der Waals surface area contributed by atoms with Crippen LogP contribution in [0.5, 0.6) is 0 Å². The standard InChI is InChI=1S/C30H27N5/c1-4-16(2)30-34-28-23-9-6-19(14-24(23)22-11-12-31-15-25(22)29(28)35-30)18-5-8-21-20(13-18)7-10-26-27(21)33-17(3)32-26/h5-6,8-9,11-16H,4,7,10H2,1-3H3,(H,32,33)(H,34,35). The summed E-state index contributed by atoms with van der Waals surface area (Å²) in [6.07, 6.45) is 6.93. The number of rotatable bonds is 3. The van der Waals surface area contributed by atoms with E-state index >= 15 is 0 Å². The Kier molecular flexibility index (Phi) is 4.37. The minimum absolute atomic E-state index is 0.387. The maximum absolute atomic E-state index is 5.01. The lowest BCUT2D eigenvalue weighted by Gasteiger charge is -2.17. The van der Waals surface area contributed by atoms with Gasteiger partial charge in [-0.1, -0.05) is 44.2 Å². The summed E-state index contributed by atoms with van der Waals surface area (Å²) in [6, 6.07) is 15.8. The minimum Gasteiger partial charge on any atom is -0.346 e. The van der Waals surface area contributed by atoms with Crippen molar-refractivity contribution in [1.82, 2.24) is 24.9 Å². The second-order valence-corrected chi connectivity index (χ2v) is 9.86. The summed E-state index contributed by atoms with van der Waals surface area (Å²) in [7, 11) is 0. The number of hydrogen-bond acceptors (Lipinski definition) is 3. The lowest BCUT2D eigenvalue weighted by atomic mass is 9.89. The summed E-state index contributed by atoms with van der Waals surface area (Å²) in [4.78, 5) is 21.3. The third kappa shape index (κ3) is 3.04. The summed E-state index contributed by atoms with van der Waals surface area (Å²) in [5, 5.41) is 4.74. The molecule has 0 amide bonds. The number of aromatic nitrogens is 5. The Morgan fingerprint density at radius 2 is 1.74 bits per heavy atom. The molecule has 2 N–H and O–H groups in total. The van der Waals surface area contributed by atoms with Crippen LogP contribution in [0.1, 0.15) is 49.1 Å². The highest BCUT2D eigenvalue weighted by molar-refractivity contribution is 6.23. The first-order valence-corrected chi connectivity index (χ1v) is 12.5. The van der Waals surface area contributed by atoms with Crippen LogP contribution in [0, 0.1) is 6.92 Å². The van der Waals surface area contributed by atoms with Crippen LogP contribution in [0.25, 0.3) is 55.0 Å². The number of imidazole rings is 2. The molecule has 0 bridgehead atoms. The van der Waals surface area contributed by atoms with Crippen LogP contribution in [-0.4, -0.2) is 24.9 Å². The van der Waals surface area contributed by atoms with E-state index in [1.54, 1.807) is 0 Å². The molecule has 1 atom stereocenters. The van der Waals surface area contributed by atoms with Gasteiger partial charge in [0.05, 0.1) is 16.7 Å². The molecule has 0 saturated heterocycles. The molecule has 0 radical (unpaired) electrons. The molecule has 5 nitrogen and oxygen atoms in total. The SMILES string of the molecule is CCC(C)c1nc2c3cnccc3c3cc(-c4ccc5c(c4)CCc4[nH]c(C)nc4-5)ccc3c2[nH]1. The van der Waals surface area contributed by atoms with Gasteiger partial charge in [-0.3, -0.25) is 4.98 Å². The average Bonchev–Trinajstić information content (AvgIpc) is 3.51. The van der Waals surface area contributed by atoms with Crippen molar-refractivity contribution in [3.63, 3.8) is 0 Å². The fourth-order valence-electron chi connectivity index (χ4n) is 5.61. The smallest absolute Gasteiger partial charge is 0.110 e. The fraction of sp³-hybridized carbons (Fsp3) is 0.233. The molecule has 5 heteroatoms. The van der Waals surface area contributed by atoms with Gasteiger partial charge < -0.3 is 9.97 Å². The second kappa shape index (κ2) is 7.51. The summed E-state index contributed by atoms with van der Waals surface area (Å²) in [5.41, 5.74) is 9.60. The maximum Gasteiger partial charge on any atom is 0.110 e. The maximum atomic E-state index is 5.01. The first kappa shape index (κ1) is 20.4. The minimum atomic E-state index is 0.387. The van der Waals surface area contributed by atoms with Gasteiger partial charge in [0.25, 0.3) is 0 Å². The number of H-pyrrole nitrogens is 2. The number of nitrogens with one attached hydrogen (secondary N) is 2. The molecule has 6 aromatic rings. The van der Waals surface area contributed by atoms with Crippen LogP contribution in [0.4, 0.5) is 0 Å². The van der Waals surface area contributed by atoms with Crippen LogP contribution < -0.4 is 0 Å². The van der Waals surface area contributed by atoms with Crippen molar-refractivity contribution < 1.29 is 0 Å². The molecule has 3 aromatic heterocycles. The number of benzene rings is 3. The van der Waals surface area contributed by atoms with Gasteiger partial charge in [-0.15, -0.1) is 0 Å². The van der Waals surface area contributed by atoms with Crippen LogP contribution in [0.15, 0.2) is 54.9 Å². The number of hydrogen-bond donors (Lipinski definition) is 2. The Balaban J connectivity index is 1.43. The summed E-state index contributed by atoms with van der Waals surface area (Å²) < 4.78 is 0. The van der Waals surface area contributed by atoms with Crippen molar-refractivity contribution in [2.75, 3.05) is 0 Å². The zero-order chi connectivity index (χ0) is 23.7. The molecule has 3 aromatic carbocycles. The quantitative estimate of drug-likeness (QED) is 0.275. The monoisotopic (exact) mass is 457 g/mol. The van der Waals surface area contributed by atoms with Crippen LogP contribution >= 0.6 is 0 Å². The largest absolute Gasteiger partial charge is 0.346 e.